The second kappa shape index (κ2) is 15.2. The Balaban J connectivity index is 0.000000542. The van der Waals surface area contributed by atoms with Crippen molar-refractivity contribution in [3.05, 3.63) is 161 Å². The Morgan fingerprint density at radius 2 is 1.14 bits per heavy atom. The zero-order chi connectivity index (χ0) is 23.0. The van der Waals surface area contributed by atoms with Gasteiger partial charge >= 0.3 is 26.2 Å². The Bertz CT molecular complexity index is 1390. The summed E-state index contributed by atoms with van der Waals surface area (Å²) in [6.07, 6.45) is 0.881. The molecule has 0 saturated heterocycles. The number of fused-ring (bicyclic) bond motifs is 3. The first-order chi connectivity index (χ1) is 16.8. The summed E-state index contributed by atoms with van der Waals surface area (Å²) in [5, 5.41) is 0. The van der Waals surface area contributed by atoms with E-state index in [1.165, 1.54) is 22.3 Å². The zero-order valence-electron chi connectivity index (χ0n) is 20.0. The Morgan fingerprint density at radius 1 is 0.568 bits per heavy atom. The Hall–Kier alpha value is -3.19. The maximum Gasteiger partial charge on any atom is 4.00 e. The van der Waals surface area contributed by atoms with Gasteiger partial charge in [-0.15, -0.1) is 35.2 Å². The van der Waals surface area contributed by atoms with E-state index in [0.29, 0.717) is 0 Å². The van der Waals surface area contributed by atoms with Crippen LogP contribution in [0.15, 0.2) is 121 Å². The average Bonchev–Trinajstić information content (AvgIpc) is 3.59. The predicted molar refractivity (Wildman–Crippen MR) is 140 cm³/mol. The van der Waals surface area contributed by atoms with Gasteiger partial charge in [-0.2, -0.15) is 24.1 Å². The molecule has 0 heterocycles. The van der Waals surface area contributed by atoms with E-state index in [-0.39, 0.29) is 51.0 Å². The molecular weight excluding hydrogens is 571 g/mol. The van der Waals surface area contributed by atoms with Gasteiger partial charge in [0.05, 0.1) is 0 Å². The minimum Gasteiger partial charge on any atom is -1.00 e. The van der Waals surface area contributed by atoms with E-state index in [1.807, 2.05) is 91.0 Å². The summed E-state index contributed by atoms with van der Waals surface area (Å²) >= 11 is 0. The van der Waals surface area contributed by atoms with Gasteiger partial charge < -0.3 is 24.8 Å². The fourth-order valence-electron chi connectivity index (χ4n) is 3.92. The van der Waals surface area contributed by atoms with Crippen LogP contribution in [-0.4, -0.2) is 0 Å². The first-order valence-corrected chi connectivity index (χ1v) is 11.3. The van der Waals surface area contributed by atoms with E-state index in [2.05, 4.69) is 60.1 Å². The van der Waals surface area contributed by atoms with Gasteiger partial charge in [-0.1, -0.05) is 65.4 Å². The van der Waals surface area contributed by atoms with Crippen molar-refractivity contribution >= 4 is 0 Å². The average molecular weight is 593 g/mol. The van der Waals surface area contributed by atoms with Crippen molar-refractivity contribution in [2.75, 3.05) is 0 Å². The number of hydrogen-bond acceptors (Lipinski definition) is 0. The Morgan fingerprint density at radius 3 is 1.73 bits per heavy atom. The fraction of sp³-hybridized carbons (Fsp3) is 0.0294. The van der Waals surface area contributed by atoms with Crippen molar-refractivity contribution in [2.45, 2.75) is 6.42 Å². The second-order valence-electron chi connectivity index (χ2n) is 8.01. The van der Waals surface area contributed by atoms with Gasteiger partial charge in [-0.25, -0.2) is 12.1 Å². The number of rotatable bonds is 0. The number of hydrogen-bond donors (Lipinski definition) is 0. The normalized spacial score (nSPS) is 9.51. The van der Waals surface area contributed by atoms with Crippen LogP contribution in [0.25, 0.3) is 11.1 Å². The third kappa shape index (κ3) is 8.15. The summed E-state index contributed by atoms with van der Waals surface area (Å²) in [4.78, 5) is 0. The molecule has 1 aliphatic rings. The van der Waals surface area contributed by atoms with Gasteiger partial charge in [-0.05, 0) is 48.4 Å². The predicted octanol–water partition coefficient (Wildman–Crippen LogP) is 1.27. The van der Waals surface area contributed by atoms with Crippen LogP contribution in [0.1, 0.15) is 33.4 Å². The van der Waals surface area contributed by atoms with Gasteiger partial charge in [0.1, 0.15) is 0 Å². The van der Waals surface area contributed by atoms with Gasteiger partial charge in [0.25, 0.3) is 0 Å². The summed E-state index contributed by atoms with van der Waals surface area (Å²) in [6, 6.07) is 44.4. The van der Waals surface area contributed by atoms with E-state index in [9.17, 15) is 0 Å². The monoisotopic (exact) mass is 590 g/mol. The molecule has 3 heteroatoms. The molecule has 176 valence electrons. The first-order valence-electron chi connectivity index (χ1n) is 11.3. The third-order valence-corrected chi connectivity index (χ3v) is 5.59. The number of halogens is 2. The van der Waals surface area contributed by atoms with E-state index in [1.54, 1.807) is 0 Å². The summed E-state index contributed by atoms with van der Waals surface area (Å²) in [7, 11) is 0. The number of benzene rings is 4. The van der Waals surface area contributed by atoms with E-state index < -0.39 is 0 Å². The molecule has 0 fully saturated rings. The second-order valence-corrected chi connectivity index (χ2v) is 8.01. The summed E-state index contributed by atoms with van der Waals surface area (Å²) in [5.41, 5.74) is 9.10. The molecule has 0 unspecified atom stereocenters. The molecule has 0 bridgehead atoms. The molecule has 0 atom stereocenters. The molecule has 0 amide bonds. The van der Waals surface area contributed by atoms with Crippen LogP contribution in [0, 0.1) is 29.7 Å². The van der Waals surface area contributed by atoms with Crippen LogP contribution in [0.5, 0.6) is 0 Å². The van der Waals surface area contributed by atoms with Crippen LogP contribution in [0.2, 0.25) is 0 Å². The molecule has 0 nitrogen and oxygen atoms in total. The van der Waals surface area contributed by atoms with Crippen LogP contribution >= 0.6 is 0 Å². The van der Waals surface area contributed by atoms with E-state index >= 15 is 0 Å². The molecular formula is C34H22Cl2Zr. The van der Waals surface area contributed by atoms with Crippen LogP contribution in [0.4, 0.5) is 0 Å². The molecule has 0 aliphatic heterocycles. The van der Waals surface area contributed by atoms with Crippen LogP contribution in [-0.2, 0) is 32.6 Å². The van der Waals surface area contributed by atoms with Gasteiger partial charge in [0.2, 0.25) is 0 Å². The van der Waals surface area contributed by atoms with Crippen LogP contribution < -0.4 is 24.8 Å². The Labute approximate surface area is 251 Å². The summed E-state index contributed by atoms with van der Waals surface area (Å²) in [6.45, 7) is 0. The van der Waals surface area contributed by atoms with E-state index in [0.717, 1.165) is 28.7 Å². The SMILES string of the molecule is C(#Cc1ccccc1)c1[c-]c2c(cc1)-c1ccc(C#Cc3ccccc3)cc1C2.[Cl-].[Cl-].[Zr+4].c1cc[cH-]c1. The molecule has 6 rings (SSSR count). The quantitative estimate of drug-likeness (QED) is 0.184. The molecule has 0 N–H and O–H groups in total. The van der Waals surface area contributed by atoms with E-state index in [4.69, 9.17) is 0 Å². The fourth-order valence-corrected chi connectivity index (χ4v) is 3.92. The third-order valence-electron chi connectivity index (χ3n) is 5.59. The van der Waals surface area contributed by atoms with Crippen molar-refractivity contribution in [3.63, 3.8) is 0 Å². The van der Waals surface area contributed by atoms with Crippen molar-refractivity contribution in [1.29, 1.82) is 0 Å². The van der Waals surface area contributed by atoms with Crippen LogP contribution in [0.3, 0.4) is 0 Å². The van der Waals surface area contributed by atoms with Crippen molar-refractivity contribution < 1.29 is 51.0 Å². The molecule has 5 aromatic carbocycles. The zero-order valence-corrected chi connectivity index (χ0v) is 24.0. The Kier molecular flexibility index (Phi) is 12.3. The maximum atomic E-state index is 3.51. The molecule has 1 aliphatic carbocycles. The summed E-state index contributed by atoms with van der Waals surface area (Å²) < 4.78 is 0. The topological polar surface area (TPSA) is 0 Å². The summed E-state index contributed by atoms with van der Waals surface area (Å²) in [5.74, 6) is 13.0. The maximum absolute atomic E-state index is 3.51. The molecule has 0 radical (unpaired) electrons. The minimum absolute atomic E-state index is 0. The largest absolute Gasteiger partial charge is 4.00 e. The standard InChI is InChI=1S/C29H17.C5H5.2ClH.Zr/c1-3-7-22(8-4-1)11-13-24-15-17-28-26(19-24)21-27-20-25(16-18-29(27)28)14-12-23-9-5-2-6-10-23;1-2-4-5-3-1;;;/h1-10,15-19H,21H2;1-5H;2*1H;/q2*-1;;;+4/p-2. The molecule has 0 aromatic heterocycles. The molecule has 0 spiro atoms. The first kappa shape index (κ1) is 30.0. The van der Waals surface area contributed by atoms with Crippen molar-refractivity contribution in [3.8, 4) is 34.8 Å². The smallest absolute Gasteiger partial charge is 1.00 e. The van der Waals surface area contributed by atoms with Crippen molar-refractivity contribution in [1.82, 2.24) is 0 Å². The molecule has 37 heavy (non-hydrogen) atoms. The van der Waals surface area contributed by atoms with Gasteiger partial charge in [-0.3, -0.25) is 0 Å². The van der Waals surface area contributed by atoms with Gasteiger partial charge in [0, 0.05) is 16.7 Å². The van der Waals surface area contributed by atoms with Crippen molar-refractivity contribution in [2.24, 2.45) is 0 Å². The van der Waals surface area contributed by atoms with Gasteiger partial charge in [0.15, 0.2) is 0 Å². The molecule has 5 aromatic rings. The molecule has 0 saturated carbocycles. The minimum atomic E-state index is 0.